The van der Waals surface area contributed by atoms with Gasteiger partial charge in [-0.15, -0.1) is 0 Å². The van der Waals surface area contributed by atoms with Crippen molar-refractivity contribution in [1.82, 2.24) is 10.2 Å². The smallest absolute Gasteiger partial charge is 0.317 e. The zero-order valence-corrected chi connectivity index (χ0v) is 16.6. The predicted molar refractivity (Wildman–Crippen MR) is 109 cm³/mol. The third-order valence-corrected chi connectivity index (χ3v) is 4.45. The lowest BCUT2D eigenvalue weighted by Crippen LogP contribution is -2.43. The second-order valence-electron chi connectivity index (χ2n) is 6.85. The third-order valence-electron chi connectivity index (χ3n) is 4.45. The van der Waals surface area contributed by atoms with Crippen LogP contribution >= 0.6 is 0 Å². The average molecular weight is 384 g/mol. The number of carboxylic acid groups (broad SMARTS) is 1. The van der Waals surface area contributed by atoms with Crippen molar-refractivity contribution in [2.75, 3.05) is 13.7 Å². The lowest BCUT2D eigenvalue weighted by atomic mass is 10.0. The first kappa shape index (κ1) is 21.3. The summed E-state index contributed by atoms with van der Waals surface area (Å²) in [5, 5.41) is 11.5. The minimum atomic E-state index is -0.856. The number of ether oxygens (including phenoxy) is 1. The highest BCUT2D eigenvalue weighted by molar-refractivity contribution is 5.75. The number of methoxy groups -OCH3 is 1. The predicted octanol–water partition coefficient (Wildman–Crippen LogP) is 4.15. The fourth-order valence-electron chi connectivity index (χ4n) is 2.89. The number of hydrogen-bond donors (Lipinski definition) is 2. The Morgan fingerprint density at radius 1 is 1.11 bits per heavy atom. The monoisotopic (exact) mass is 384 g/mol. The van der Waals surface area contributed by atoms with Crippen LogP contribution in [-0.2, 0) is 11.3 Å². The summed E-state index contributed by atoms with van der Waals surface area (Å²) < 4.78 is 5.42. The molecular formula is C22H28N2O4. The molecule has 0 heterocycles. The molecule has 2 N–H and O–H groups in total. The van der Waals surface area contributed by atoms with Gasteiger partial charge in [-0.1, -0.05) is 42.5 Å². The molecular weight excluding hydrogens is 356 g/mol. The Hall–Kier alpha value is -3.02. The van der Waals surface area contributed by atoms with Crippen molar-refractivity contribution >= 4 is 12.0 Å². The lowest BCUT2D eigenvalue weighted by Gasteiger charge is -2.27. The van der Waals surface area contributed by atoms with Crippen molar-refractivity contribution in [2.45, 2.75) is 39.3 Å². The van der Waals surface area contributed by atoms with E-state index in [0.717, 1.165) is 22.4 Å². The first-order valence-electron chi connectivity index (χ1n) is 9.41. The van der Waals surface area contributed by atoms with Gasteiger partial charge in [-0.3, -0.25) is 4.79 Å². The van der Waals surface area contributed by atoms with Gasteiger partial charge in [-0.2, -0.15) is 0 Å². The average Bonchev–Trinajstić information content (AvgIpc) is 2.69. The van der Waals surface area contributed by atoms with Crippen LogP contribution in [0.2, 0.25) is 0 Å². The maximum atomic E-state index is 12.5. The number of carbonyl (C=O) groups is 2. The molecule has 0 saturated heterocycles. The first-order valence-corrected chi connectivity index (χ1v) is 9.41. The van der Waals surface area contributed by atoms with Crippen LogP contribution in [0.4, 0.5) is 4.79 Å². The molecule has 0 unspecified atom stereocenters. The van der Waals surface area contributed by atoms with Crippen LogP contribution in [0.15, 0.2) is 48.5 Å². The Balaban J connectivity index is 2.03. The Morgan fingerprint density at radius 2 is 1.79 bits per heavy atom. The quantitative estimate of drug-likeness (QED) is 0.637. The van der Waals surface area contributed by atoms with Gasteiger partial charge < -0.3 is 20.1 Å². The summed E-state index contributed by atoms with van der Waals surface area (Å²) in [5.74, 6) is -0.0371. The number of hydrogen-bond acceptors (Lipinski definition) is 3. The van der Waals surface area contributed by atoms with Crippen molar-refractivity contribution in [2.24, 2.45) is 0 Å². The maximum absolute atomic E-state index is 12.5. The number of aliphatic carboxylic acids is 1. The second-order valence-corrected chi connectivity index (χ2v) is 6.85. The van der Waals surface area contributed by atoms with E-state index in [4.69, 9.17) is 9.84 Å². The molecule has 6 nitrogen and oxygen atoms in total. The Labute approximate surface area is 166 Å². The van der Waals surface area contributed by atoms with Gasteiger partial charge in [0.05, 0.1) is 7.11 Å². The van der Waals surface area contributed by atoms with Gasteiger partial charge in [0.15, 0.2) is 0 Å². The van der Waals surface area contributed by atoms with E-state index in [2.05, 4.69) is 5.32 Å². The van der Waals surface area contributed by atoms with Crippen LogP contribution in [0.25, 0.3) is 11.1 Å². The standard InChI is InChI=1S/C22H28N2O4/c1-16(2)24(22(27)23-14-6-9-21(25)26)15-17-10-12-18(13-11-17)19-7-4-5-8-20(19)28-3/h4-5,7-8,10-13,16H,6,9,14-15H2,1-3H3,(H,23,27)(H,25,26). The summed E-state index contributed by atoms with van der Waals surface area (Å²) in [4.78, 5) is 24.8. The highest BCUT2D eigenvalue weighted by Gasteiger charge is 2.17. The maximum Gasteiger partial charge on any atom is 0.317 e. The summed E-state index contributed by atoms with van der Waals surface area (Å²) in [6, 6.07) is 15.8. The number of carbonyl (C=O) groups excluding carboxylic acids is 1. The van der Waals surface area contributed by atoms with E-state index < -0.39 is 5.97 Å². The fourth-order valence-corrected chi connectivity index (χ4v) is 2.89. The summed E-state index contributed by atoms with van der Waals surface area (Å²) in [6.07, 6.45) is 0.465. The molecule has 0 fully saturated rings. The molecule has 0 radical (unpaired) electrons. The summed E-state index contributed by atoms with van der Waals surface area (Å²) in [6.45, 7) is 4.75. The second kappa shape index (κ2) is 10.3. The van der Waals surface area contributed by atoms with Crippen LogP contribution in [-0.4, -0.2) is 41.7 Å². The third kappa shape index (κ3) is 6.01. The molecule has 0 aliphatic heterocycles. The number of nitrogens with zero attached hydrogens (tertiary/aromatic N) is 1. The van der Waals surface area contributed by atoms with E-state index in [1.54, 1.807) is 12.0 Å². The molecule has 0 aliphatic carbocycles. The first-order chi connectivity index (χ1) is 13.4. The molecule has 2 rings (SSSR count). The molecule has 150 valence electrons. The van der Waals surface area contributed by atoms with Crippen molar-refractivity contribution in [1.29, 1.82) is 0 Å². The Morgan fingerprint density at radius 3 is 2.39 bits per heavy atom. The van der Waals surface area contributed by atoms with Crippen molar-refractivity contribution in [3.63, 3.8) is 0 Å². The van der Waals surface area contributed by atoms with Crippen LogP contribution in [0.5, 0.6) is 5.75 Å². The molecule has 0 saturated carbocycles. The van der Waals surface area contributed by atoms with Crippen LogP contribution in [0.1, 0.15) is 32.3 Å². The number of rotatable bonds is 9. The minimum Gasteiger partial charge on any atom is -0.496 e. The fraction of sp³-hybridized carbons (Fsp3) is 0.364. The van der Waals surface area contributed by atoms with E-state index in [1.807, 2.05) is 62.4 Å². The molecule has 6 heteroatoms. The van der Waals surface area contributed by atoms with Crippen molar-refractivity contribution in [3.05, 3.63) is 54.1 Å². The number of amides is 2. The van der Waals surface area contributed by atoms with Gasteiger partial charge in [0.25, 0.3) is 0 Å². The van der Waals surface area contributed by atoms with Crippen LogP contribution < -0.4 is 10.1 Å². The van der Waals surface area contributed by atoms with E-state index in [9.17, 15) is 9.59 Å². The lowest BCUT2D eigenvalue weighted by molar-refractivity contribution is -0.137. The van der Waals surface area contributed by atoms with Crippen molar-refractivity contribution < 1.29 is 19.4 Å². The van der Waals surface area contributed by atoms with Crippen molar-refractivity contribution in [3.8, 4) is 16.9 Å². The van der Waals surface area contributed by atoms with Gasteiger partial charge in [0, 0.05) is 31.1 Å². The Bertz CT molecular complexity index is 787. The molecule has 0 aromatic heterocycles. The summed E-state index contributed by atoms with van der Waals surface area (Å²) >= 11 is 0. The van der Waals surface area contributed by atoms with Gasteiger partial charge in [0.2, 0.25) is 0 Å². The molecule has 0 atom stereocenters. The molecule has 0 bridgehead atoms. The zero-order chi connectivity index (χ0) is 20.5. The Kier molecular flexibility index (Phi) is 7.87. The topological polar surface area (TPSA) is 78.9 Å². The number of nitrogens with one attached hydrogen (secondary N) is 1. The van der Waals surface area contributed by atoms with E-state index in [0.29, 0.717) is 19.5 Å². The van der Waals surface area contributed by atoms with Crippen LogP contribution in [0.3, 0.4) is 0 Å². The molecule has 0 aliphatic rings. The number of urea groups is 1. The van der Waals surface area contributed by atoms with Gasteiger partial charge in [-0.05, 0) is 37.5 Å². The highest BCUT2D eigenvalue weighted by atomic mass is 16.5. The summed E-state index contributed by atoms with van der Waals surface area (Å²) in [5.41, 5.74) is 3.09. The van der Waals surface area contributed by atoms with E-state index in [-0.39, 0.29) is 18.5 Å². The number of para-hydroxylation sites is 1. The molecule has 2 aromatic carbocycles. The van der Waals surface area contributed by atoms with E-state index >= 15 is 0 Å². The molecule has 28 heavy (non-hydrogen) atoms. The highest BCUT2D eigenvalue weighted by Crippen LogP contribution is 2.29. The normalized spacial score (nSPS) is 10.6. The number of carboxylic acids is 1. The van der Waals surface area contributed by atoms with Gasteiger partial charge in [0.1, 0.15) is 5.75 Å². The summed E-state index contributed by atoms with van der Waals surface area (Å²) in [7, 11) is 1.66. The number of benzene rings is 2. The minimum absolute atomic E-state index is 0.0216. The van der Waals surface area contributed by atoms with E-state index in [1.165, 1.54) is 0 Å². The molecule has 2 aromatic rings. The molecule has 0 spiro atoms. The SMILES string of the molecule is COc1ccccc1-c1ccc(CN(C(=O)NCCCC(=O)O)C(C)C)cc1. The largest absolute Gasteiger partial charge is 0.496 e. The molecule has 2 amide bonds. The van der Waals surface area contributed by atoms with Crippen LogP contribution in [0, 0.1) is 0 Å². The van der Waals surface area contributed by atoms with Gasteiger partial charge >= 0.3 is 12.0 Å². The van der Waals surface area contributed by atoms with Gasteiger partial charge in [-0.25, -0.2) is 4.79 Å². The zero-order valence-electron chi connectivity index (χ0n) is 16.6.